The molecule has 7 heteroatoms. The summed E-state index contributed by atoms with van der Waals surface area (Å²) in [5.74, 6) is 0.274. The third-order valence-electron chi connectivity index (χ3n) is 3.07. The number of aromatic nitrogens is 3. The maximum Gasteiger partial charge on any atom is 0.155 e. The lowest BCUT2D eigenvalue weighted by Crippen LogP contribution is -2.04. The van der Waals surface area contributed by atoms with Crippen LogP contribution in [0.15, 0.2) is 41.4 Å². The van der Waals surface area contributed by atoms with Crippen LogP contribution in [0.4, 0.5) is 10.1 Å². The van der Waals surface area contributed by atoms with E-state index in [4.69, 9.17) is 4.74 Å². The van der Waals surface area contributed by atoms with Crippen molar-refractivity contribution in [1.82, 2.24) is 14.4 Å². The maximum atomic E-state index is 13.8. The summed E-state index contributed by atoms with van der Waals surface area (Å²) in [6, 6.07) is 4.57. The van der Waals surface area contributed by atoms with E-state index in [0.717, 1.165) is 11.3 Å². The Balaban J connectivity index is 1.85. The summed E-state index contributed by atoms with van der Waals surface area (Å²) in [6.07, 6.45) is 5.22. The molecule has 0 amide bonds. The zero-order valence-electron chi connectivity index (χ0n) is 11.2. The molecule has 1 N–H and O–H groups in total. The van der Waals surface area contributed by atoms with E-state index in [0.29, 0.717) is 22.6 Å². The average Bonchev–Trinajstić information content (AvgIpc) is 2.89. The molecule has 0 aliphatic carbocycles. The molecule has 1 aromatic carbocycles. The Morgan fingerprint density at radius 1 is 1.33 bits per heavy atom. The zero-order valence-corrected chi connectivity index (χ0v) is 12.8. The highest BCUT2D eigenvalue weighted by Crippen LogP contribution is 2.22. The van der Waals surface area contributed by atoms with E-state index in [2.05, 4.69) is 31.2 Å². The van der Waals surface area contributed by atoms with Gasteiger partial charge in [0, 0.05) is 12.3 Å². The largest absolute Gasteiger partial charge is 0.497 e. The molecule has 2 heterocycles. The molecule has 0 aliphatic heterocycles. The number of ether oxygens (including phenoxy) is 1. The Bertz CT molecular complexity index is 790. The number of anilines is 1. The molecule has 108 valence electrons. The van der Waals surface area contributed by atoms with Crippen LogP contribution >= 0.6 is 15.9 Å². The molecular weight excluding hydrogens is 339 g/mol. The SMILES string of the molecule is COc1ccc(F)c(NCc2cnc3cnc(Br)cn23)c1. The van der Waals surface area contributed by atoms with E-state index in [9.17, 15) is 4.39 Å². The van der Waals surface area contributed by atoms with Gasteiger partial charge in [0.2, 0.25) is 0 Å². The molecule has 0 atom stereocenters. The van der Waals surface area contributed by atoms with Gasteiger partial charge in [0.1, 0.15) is 16.2 Å². The number of nitrogens with zero attached hydrogens (tertiary/aromatic N) is 3. The topological polar surface area (TPSA) is 51.5 Å². The van der Waals surface area contributed by atoms with Crippen LogP contribution in [0.5, 0.6) is 5.75 Å². The quantitative estimate of drug-likeness (QED) is 0.784. The van der Waals surface area contributed by atoms with Gasteiger partial charge in [-0.2, -0.15) is 0 Å². The van der Waals surface area contributed by atoms with Crippen LogP contribution in [-0.4, -0.2) is 21.5 Å². The van der Waals surface area contributed by atoms with Gasteiger partial charge in [0.25, 0.3) is 0 Å². The Morgan fingerprint density at radius 2 is 2.19 bits per heavy atom. The first-order chi connectivity index (χ1) is 10.2. The average molecular weight is 351 g/mol. The van der Waals surface area contributed by atoms with E-state index in [1.54, 1.807) is 31.6 Å². The van der Waals surface area contributed by atoms with E-state index in [1.165, 1.54) is 6.07 Å². The Hall–Kier alpha value is -2.15. The number of hydrogen-bond acceptors (Lipinski definition) is 4. The van der Waals surface area contributed by atoms with Gasteiger partial charge in [-0.3, -0.25) is 4.40 Å². The van der Waals surface area contributed by atoms with Gasteiger partial charge in [-0.05, 0) is 28.1 Å². The van der Waals surface area contributed by atoms with Gasteiger partial charge < -0.3 is 10.1 Å². The molecule has 0 fully saturated rings. The molecular formula is C14H12BrFN4O. The molecule has 2 aromatic heterocycles. The highest BCUT2D eigenvalue weighted by atomic mass is 79.9. The van der Waals surface area contributed by atoms with Gasteiger partial charge in [-0.25, -0.2) is 14.4 Å². The summed E-state index contributed by atoms with van der Waals surface area (Å²) in [4.78, 5) is 8.36. The summed E-state index contributed by atoms with van der Waals surface area (Å²) in [7, 11) is 1.55. The number of nitrogens with one attached hydrogen (secondary N) is 1. The number of benzene rings is 1. The van der Waals surface area contributed by atoms with Gasteiger partial charge in [0.05, 0.1) is 37.4 Å². The molecule has 5 nitrogen and oxygen atoms in total. The van der Waals surface area contributed by atoms with Crippen molar-refractivity contribution in [3.05, 3.63) is 52.9 Å². The third-order valence-corrected chi connectivity index (χ3v) is 3.48. The van der Waals surface area contributed by atoms with Crippen LogP contribution in [0.1, 0.15) is 5.69 Å². The molecule has 3 aromatic rings. The molecule has 0 saturated carbocycles. The predicted molar refractivity (Wildman–Crippen MR) is 81.0 cm³/mol. The van der Waals surface area contributed by atoms with Crippen molar-refractivity contribution in [1.29, 1.82) is 0 Å². The fourth-order valence-corrected chi connectivity index (χ4v) is 2.31. The smallest absolute Gasteiger partial charge is 0.155 e. The minimum Gasteiger partial charge on any atom is -0.497 e. The molecule has 0 spiro atoms. The lowest BCUT2D eigenvalue weighted by molar-refractivity contribution is 0.414. The van der Waals surface area contributed by atoms with Gasteiger partial charge >= 0.3 is 0 Å². The summed E-state index contributed by atoms with van der Waals surface area (Å²) < 4.78 is 21.4. The molecule has 0 aliphatic rings. The molecule has 0 unspecified atom stereocenters. The van der Waals surface area contributed by atoms with Gasteiger partial charge in [-0.1, -0.05) is 0 Å². The highest BCUT2D eigenvalue weighted by molar-refractivity contribution is 9.10. The lowest BCUT2D eigenvalue weighted by Gasteiger charge is -2.09. The summed E-state index contributed by atoms with van der Waals surface area (Å²) in [5.41, 5.74) is 2.02. The Labute approximate surface area is 128 Å². The van der Waals surface area contributed by atoms with E-state index in [-0.39, 0.29) is 5.82 Å². The van der Waals surface area contributed by atoms with Crippen LogP contribution in [0.3, 0.4) is 0 Å². The highest BCUT2D eigenvalue weighted by Gasteiger charge is 2.07. The molecule has 0 radical (unpaired) electrons. The summed E-state index contributed by atoms with van der Waals surface area (Å²) >= 11 is 3.32. The van der Waals surface area contributed by atoms with Crippen molar-refractivity contribution < 1.29 is 9.13 Å². The minimum absolute atomic E-state index is 0.326. The van der Waals surface area contributed by atoms with Crippen LogP contribution in [-0.2, 0) is 6.54 Å². The molecule has 21 heavy (non-hydrogen) atoms. The maximum absolute atomic E-state index is 13.8. The molecule has 0 saturated heterocycles. The van der Waals surface area contributed by atoms with Crippen molar-refractivity contribution in [3.8, 4) is 5.75 Å². The fourth-order valence-electron chi connectivity index (χ4n) is 2.00. The van der Waals surface area contributed by atoms with E-state index < -0.39 is 0 Å². The van der Waals surface area contributed by atoms with Crippen LogP contribution < -0.4 is 10.1 Å². The predicted octanol–water partition coefficient (Wildman–Crippen LogP) is 3.25. The first kappa shape index (κ1) is 13.8. The first-order valence-corrected chi connectivity index (χ1v) is 7.01. The van der Waals surface area contributed by atoms with Crippen molar-refractivity contribution >= 4 is 27.3 Å². The second-order valence-corrected chi connectivity index (χ2v) is 5.20. The zero-order chi connectivity index (χ0) is 14.8. The summed E-state index contributed by atoms with van der Waals surface area (Å²) in [5, 5.41) is 3.05. The second kappa shape index (κ2) is 5.69. The van der Waals surface area contributed by atoms with Crippen molar-refractivity contribution in [3.63, 3.8) is 0 Å². The number of methoxy groups -OCH3 is 1. The van der Waals surface area contributed by atoms with Crippen LogP contribution in [0.25, 0.3) is 5.65 Å². The Morgan fingerprint density at radius 3 is 3.00 bits per heavy atom. The number of halogens is 2. The molecule has 3 rings (SSSR count). The monoisotopic (exact) mass is 350 g/mol. The molecule has 0 bridgehead atoms. The van der Waals surface area contributed by atoms with Gasteiger partial charge in [0.15, 0.2) is 5.65 Å². The van der Waals surface area contributed by atoms with Crippen LogP contribution in [0.2, 0.25) is 0 Å². The van der Waals surface area contributed by atoms with Crippen molar-refractivity contribution in [2.45, 2.75) is 6.54 Å². The van der Waals surface area contributed by atoms with Crippen molar-refractivity contribution in [2.24, 2.45) is 0 Å². The summed E-state index contributed by atoms with van der Waals surface area (Å²) in [6.45, 7) is 0.432. The van der Waals surface area contributed by atoms with Gasteiger partial charge in [-0.15, -0.1) is 0 Å². The number of imidazole rings is 1. The minimum atomic E-state index is -0.326. The fraction of sp³-hybridized carbons (Fsp3) is 0.143. The normalized spacial score (nSPS) is 10.8. The second-order valence-electron chi connectivity index (χ2n) is 4.39. The first-order valence-electron chi connectivity index (χ1n) is 6.22. The number of hydrogen-bond donors (Lipinski definition) is 1. The van der Waals surface area contributed by atoms with E-state index >= 15 is 0 Å². The van der Waals surface area contributed by atoms with E-state index in [1.807, 2.05) is 10.6 Å². The van der Waals surface area contributed by atoms with Crippen molar-refractivity contribution in [2.75, 3.05) is 12.4 Å². The van der Waals surface area contributed by atoms with Crippen LogP contribution in [0, 0.1) is 5.82 Å². The lowest BCUT2D eigenvalue weighted by atomic mass is 10.3. The number of rotatable bonds is 4. The Kier molecular flexibility index (Phi) is 3.74. The third kappa shape index (κ3) is 2.82. The standard InChI is InChI=1S/C14H12BrFN4O/c1-21-10-2-3-11(16)12(4-10)17-5-9-6-19-14-7-18-13(15)8-20(9)14/h2-4,6-8,17H,5H2,1H3. The number of fused-ring (bicyclic) bond motifs is 1.